The standard InChI is InChI=1S/C16H18FN3O3S/c1-5-10-6-7-12(17)11(8-10)16(4)9-24(18,23)15(2,3)13(20-16)19-14(21)22/h1,6-8,18H,9H2,2-4H3,(H,19,20)(H,21,22)/t16-,24+/m0/s1. The molecule has 24 heavy (non-hydrogen) atoms. The lowest BCUT2D eigenvalue weighted by atomic mass is 9.92. The van der Waals surface area contributed by atoms with Gasteiger partial charge in [0.25, 0.3) is 0 Å². The summed E-state index contributed by atoms with van der Waals surface area (Å²) in [4.78, 5) is 15.4. The van der Waals surface area contributed by atoms with Crippen molar-refractivity contribution in [3.05, 3.63) is 35.1 Å². The van der Waals surface area contributed by atoms with Gasteiger partial charge in [0.2, 0.25) is 0 Å². The van der Waals surface area contributed by atoms with Crippen molar-refractivity contribution in [3.8, 4) is 12.3 Å². The molecule has 0 saturated carbocycles. The summed E-state index contributed by atoms with van der Waals surface area (Å²) < 4.78 is 34.2. The average molecular weight is 351 g/mol. The van der Waals surface area contributed by atoms with Gasteiger partial charge in [-0.1, -0.05) is 5.92 Å². The molecule has 0 saturated heterocycles. The number of nitrogens with zero attached hydrogens (tertiary/aromatic N) is 1. The van der Waals surface area contributed by atoms with Crippen molar-refractivity contribution in [2.75, 3.05) is 5.75 Å². The number of nitrogens with one attached hydrogen (secondary N) is 2. The largest absolute Gasteiger partial charge is 0.465 e. The summed E-state index contributed by atoms with van der Waals surface area (Å²) in [5, 5.41) is 11.1. The van der Waals surface area contributed by atoms with Gasteiger partial charge in [-0.15, -0.1) is 6.42 Å². The topological polar surface area (TPSA) is 103 Å². The number of carboxylic acid groups (broad SMARTS) is 1. The third-order valence-electron chi connectivity index (χ3n) is 4.18. The molecule has 0 aliphatic carbocycles. The van der Waals surface area contributed by atoms with Crippen molar-refractivity contribution in [3.63, 3.8) is 0 Å². The molecule has 1 aliphatic rings. The van der Waals surface area contributed by atoms with Gasteiger partial charge in [-0.05, 0) is 39.0 Å². The number of amides is 1. The van der Waals surface area contributed by atoms with E-state index < -0.39 is 31.9 Å². The fraction of sp³-hybridized carbons (Fsp3) is 0.375. The molecular weight excluding hydrogens is 333 g/mol. The van der Waals surface area contributed by atoms with Gasteiger partial charge < -0.3 is 5.11 Å². The summed E-state index contributed by atoms with van der Waals surface area (Å²) in [6.45, 7) is 4.47. The molecule has 1 aromatic rings. The van der Waals surface area contributed by atoms with Crippen LogP contribution in [0.25, 0.3) is 0 Å². The number of hydrogen-bond donors (Lipinski definition) is 3. The minimum atomic E-state index is -3.32. The number of rotatable bonds is 1. The fourth-order valence-corrected chi connectivity index (χ4v) is 4.37. The highest BCUT2D eigenvalue weighted by Gasteiger charge is 2.48. The van der Waals surface area contributed by atoms with Crippen LogP contribution in [0.1, 0.15) is 31.9 Å². The first-order valence-electron chi connectivity index (χ1n) is 7.06. The summed E-state index contributed by atoms with van der Waals surface area (Å²) in [5.74, 6) is 1.40. The Hall–Kier alpha value is -2.40. The first kappa shape index (κ1) is 17.9. The van der Waals surface area contributed by atoms with Gasteiger partial charge in [-0.3, -0.25) is 15.1 Å². The Labute approximate surface area is 140 Å². The van der Waals surface area contributed by atoms with Gasteiger partial charge in [-0.2, -0.15) is 0 Å². The molecule has 1 aromatic carbocycles. The number of carbonyl (C=O) groups is 1. The second-order valence-electron chi connectivity index (χ2n) is 6.33. The van der Waals surface area contributed by atoms with Crippen LogP contribution in [0.5, 0.6) is 0 Å². The van der Waals surface area contributed by atoms with Gasteiger partial charge in [0.05, 0.1) is 15.5 Å². The number of terminal acetylenes is 1. The Kier molecular flexibility index (Phi) is 4.19. The van der Waals surface area contributed by atoms with Crippen LogP contribution in [0.3, 0.4) is 0 Å². The minimum Gasteiger partial charge on any atom is -0.465 e. The predicted octanol–water partition coefficient (Wildman–Crippen LogP) is 2.53. The van der Waals surface area contributed by atoms with Crippen molar-refractivity contribution in [1.29, 1.82) is 4.78 Å². The van der Waals surface area contributed by atoms with E-state index in [-0.39, 0.29) is 17.2 Å². The monoisotopic (exact) mass is 351 g/mol. The summed E-state index contributed by atoms with van der Waals surface area (Å²) in [5.41, 5.74) is -0.877. The molecule has 0 spiro atoms. The van der Waals surface area contributed by atoms with Crippen LogP contribution in [0, 0.1) is 22.9 Å². The molecule has 2 atom stereocenters. The summed E-state index contributed by atoms with van der Waals surface area (Å²) in [7, 11) is -3.32. The van der Waals surface area contributed by atoms with E-state index in [1.807, 2.05) is 0 Å². The van der Waals surface area contributed by atoms with Crippen LogP contribution in [0.2, 0.25) is 0 Å². The maximum Gasteiger partial charge on any atom is 0.410 e. The highest BCUT2D eigenvalue weighted by atomic mass is 32.2. The SMILES string of the molecule is C#Cc1ccc(F)c([C@]2(C)C[S@@](=N)(=O)C(C)(C)C(NC(=O)O)=N2)c1. The summed E-state index contributed by atoms with van der Waals surface area (Å²) in [6, 6.07) is 4.01. The van der Waals surface area contributed by atoms with E-state index >= 15 is 0 Å². The fourth-order valence-electron chi connectivity index (χ4n) is 2.59. The van der Waals surface area contributed by atoms with Crippen LogP contribution in [0.4, 0.5) is 9.18 Å². The zero-order valence-electron chi connectivity index (χ0n) is 13.5. The van der Waals surface area contributed by atoms with E-state index in [0.717, 1.165) is 0 Å². The molecule has 0 radical (unpaired) electrons. The molecule has 1 amide bonds. The molecule has 6 nitrogen and oxygen atoms in total. The van der Waals surface area contributed by atoms with Gasteiger partial charge in [0.15, 0.2) is 0 Å². The number of amidine groups is 1. The maximum atomic E-state index is 14.3. The first-order valence-corrected chi connectivity index (χ1v) is 8.78. The van der Waals surface area contributed by atoms with Crippen molar-refractivity contribution >= 4 is 21.7 Å². The van der Waals surface area contributed by atoms with E-state index in [1.165, 1.54) is 39.0 Å². The van der Waals surface area contributed by atoms with Crippen LogP contribution >= 0.6 is 0 Å². The Morgan fingerprint density at radius 1 is 1.50 bits per heavy atom. The predicted molar refractivity (Wildman–Crippen MR) is 90.1 cm³/mol. The second-order valence-corrected chi connectivity index (χ2v) is 8.99. The van der Waals surface area contributed by atoms with E-state index in [9.17, 15) is 13.4 Å². The number of halogens is 1. The lowest BCUT2D eigenvalue weighted by Gasteiger charge is -2.40. The van der Waals surface area contributed by atoms with Gasteiger partial charge in [0, 0.05) is 11.1 Å². The Morgan fingerprint density at radius 2 is 2.12 bits per heavy atom. The van der Waals surface area contributed by atoms with Crippen molar-refractivity contribution in [2.45, 2.75) is 31.1 Å². The molecule has 0 unspecified atom stereocenters. The Morgan fingerprint density at radius 3 is 2.67 bits per heavy atom. The van der Waals surface area contributed by atoms with Gasteiger partial charge in [0.1, 0.15) is 21.9 Å². The maximum absolute atomic E-state index is 14.3. The van der Waals surface area contributed by atoms with E-state index in [4.69, 9.17) is 16.3 Å². The number of aliphatic imine (C=N–C) groups is 1. The molecule has 128 valence electrons. The van der Waals surface area contributed by atoms with Crippen LogP contribution < -0.4 is 5.32 Å². The lowest BCUT2D eigenvalue weighted by Crippen LogP contribution is -2.57. The zero-order chi connectivity index (χ0) is 18.3. The highest BCUT2D eigenvalue weighted by molar-refractivity contribution is 7.94. The van der Waals surface area contributed by atoms with Crippen molar-refractivity contribution < 1.29 is 18.5 Å². The van der Waals surface area contributed by atoms with E-state index in [1.54, 1.807) is 0 Å². The minimum absolute atomic E-state index is 0.0816. The third-order valence-corrected chi connectivity index (χ3v) is 6.99. The Balaban J connectivity index is 2.73. The highest BCUT2D eigenvalue weighted by Crippen LogP contribution is 2.38. The van der Waals surface area contributed by atoms with E-state index in [0.29, 0.717) is 5.56 Å². The molecule has 2 rings (SSSR count). The van der Waals surface area contributed by atoms with Crippen LogP contribution in [-0.2, 0) is 15.3 Å². The van der Waals surface area contributed by atoms with Gasteiger partial charge in [-0.25, -0.2) is 13.4 Å². The molecule has 3 N–H and O–H groups in total. The van der Waals surface area contributed by atoms with E-state index in [2.05, 4.69) is 16.2 Å². The smallest absolute Gasteiger partial charge is 0.410 e. The molecule has 0 bridgehead atoms. The summed E-state index contributed by atoms with van der Waals surface area (Å²) >= 11 is 0. The number of benzene rings is 1. The molecular formula is C16H18FN3O3S. The molecule has 0 aromatic heterocycles. The Bertz CT molecular complexity index is 884. The molecule has 0 fully saturated rings. The molecule has 1 aliphatic heterocycles. The average Bonchev–Trinajstić information content (AvgIpc) is 2.44. The third kappa shape index (κ3) is 2.87. The zero-order valence-corrected chi connectivity index (χ0v) is 14.3. The normalized spacial score (nSPS) is 28.5. The quantitative estimate of drug-likeness (QED) is 0.677. The number of hydrogen-bond acceptors (Lipinski definition) is 4. The van der Waals surface area contributed by atoms with Gasteiger partial charge >= 0.3 is 6.09 Å². The van der Waals surface area contributed by atoms with Crippen LogP contribution in [0.15, 0.2) is 23.2 Å². The van der Waals surface area contributed by atoms with Crippen molar-refractivity contribution in [1.82, 2.24) is 5.32 Å². The molecule has 8 heteroatoms. The lowest BCUT2D eigenvalue weighted by molar-refractivity contribution is 0.199. The summed E-state index contributed by atoms with van der Waals surface area (Å²) in [6.07, 6.45) is 3.95. The van der Waals surface area contributed by atoms with Crippen molar-refractivity contribution in [2.24, 2.45) is 4.99 Å². The van der Waals surface area contributed by atoms with Crippen LogP contribution in [-0.4, -0.2) is 31.7 Å². The first-order chi connectivity index (χ1) is 10.9. The molecule has 1 heterocycles. The second kappa shape index (κ2) is 5.60.